The summed E-state index contributed by atoms with van der Waals surface area (Å²) in [6, 6.07) is 18.4. The molecule has 5 rings (SSSR count). The Morgan fingerprint density at radius 2 is 1.73 bits per heavy atom. The molecule has 0 radical (unpaired) electrons. The number of likely N-dealkylation sites (tertiary alicyclic amines) is 1. The Morgan fingerprint density at radius 1 is 0.975 bits per heavy atom. The Labute approximate surface area is 235 Å². The van der Waals surface area contributed by atoms with Gasteiger partial charge in [0.1, 0.15) is 17.7 Å². The van der Waals surface area contributed by atoms with Gasteiger partial charge in [-0.05, 0) is 79.6 Å². The molecule has 3 N–H and O–H groups in total. The maximum absolute atomic E-state index is 14.0. The first-order valence-electron chi connectivity index (χ1n) is 14.0. The van der Waals surface area contributed by atoms with Crippen molar-refractivity contribution in [3.8, 4) is 0 Å². The van der Waals surface area contributed by atoms with Crippen molar-refractivity contribution in [2.45, 2.75) is 77.2 Å². The topological polar surface area (TPSA) is 105 Å². The van der Waals surface area contributed by atoms with Crippen LogP contribution in [0.15, 0.2) is 60.7 Å². The lowest BCUT2D eigenvalue weighted by molar-refractivity contribution is -0.138. The number of nitrogens with zero attached hydrogens (tertiary/aromatic N) is 2. The number of piperidine rings is 1. The zero-order chi connectivity index (χ0) is 28.4. The molecule has 8 nitrogen and oxygen atoms in total. The molecule has 40 heavy (non-hydrogen) atoms. The van der Waals surface area contributed by atoms with Gasteiger partial charge in [0.15, 0.2) is 0 Å². The van der Waals surface area contributed by atoms with Crippen molar-refractivity contribution < 1.29 is 19.1 Å². The number of rotatable bonds is 5. The fourth-order valence-electron chi connectivity index (χ4n) is 5.60. The van der Waals surface area contributed by atoms with Crippen molar-refractivity contribution in [2.24, 2.45) is 0 Å². The van der Waals surface area contributed by atoms with E-state index in [1.54, 1.807) is 4.90 Å². The average Bonchev–Trinajstić information content (AvgIpc) is 3.34. The molecule has 3 amide bonds. The van der Waals surface area contributed by atoms with Gasteiger partial charge < -0.3 is 20.7 Å². The Kier molecular flexibility index (Phi) is 7.70. The number of anilines is 1. The number of hydrogen-bond acceptors (Lipinski definition) is 5. The predicted octanol–water partition coefficient (Wildman–Crippen LogP) is 4.78. The van der Waals surface area contributed by atoms with Crippen molar-refractivity contribution in [1.29, 1.82) is 0 Å². The zero-order valence-corrected chi connectivity index (χ0v) is 23.5. The van der Waals surface area contributed by atoms with Crippen LogP contribution in [0.4, 0.5) is 10.5 Å². The Bertz CT molecular complexity index is 1430. The normalized spacial score (nSPS) is 17.8. The van der Waals surface area contributed by atoms with Crippen LogP contribution in [0, 0.1) is 0 Å². The molecule has 3 aromatic carbocycles. The van der Waals surface area contributed by atoms with Crippen molar-refractivity contribution in [1.82, 2.24) is 15.1 Å². The maximum atomic E-state index is 14.0. The molecule has 3 aromatic rings. The third kappa shape index (κ3) is 6.22. The molecule has 2 heterocycles. The number of fused-ring (bicyclic) bond motifs is 2. The molecule has 0 saturated carbocycles. The van der Waals surface area contributed by atoms with Crippen LogP contribution >= 0.6 is 0 Å². The van der Waals surface area contributed by atoms with Gasteiger partial charge in [-0.2, -0.15) is 0 Å². The standard InChI is InChI=1S/C32H38N4O4/c1-32(2,3)40-31(39)36-15-7-6-10-28(36)29(37)34-27(17-21-11-12-22-8-4-5-9-23(22)16-21)30(38)35-19-24-13-14-26(33)18-25(24)20-35/h4-5,8-9,11-14,16,18,27-28H,6-7,10,15,17,19-20,33H2,1-3H3,(H,34,37). The lowest BCUT2D eigenvalue weighted by Crippen LogP contribution is -2.57. The van der Waals surface area contributed by atoms with Crippen LogP contribution in [-0.2, 0) is 33.8 Å². The van der Waals surface area contributed by atoms with Gasteiger partial charge in [0.05, 0.1) is 0 Å². The smallest absolute Gasteiger partial charge is 0.410 e. The second kappa shape index (κ2) is 11.2. The summed E-state index contributed by atoms with van der Waals surface area (Å²) in [5, 5.41) is 5.23. The summed E-state index contributed by atoms with van der Waals surface area (Å²) in [5.41, 5.74) is 9.00. The molecule has 0 spiro atoms. The molecular weight excluding hydrogens is 504 g/mol. The molecule has 210 valence electrons. The summed E-state index contributed by atoms with van der Waals surface area (Å²) in [4.78, 5) is 43.9. The molecular formula is C32H38N4O4. The highest BCUT2D eigenvalue weighted by atomic mass is 16.6. The molecule has 0 aromatic heterocycles. The van der Waals surface area contributed by atoms with E-state index in [4.69, 9.17) is 10.5 Å². The van der Waals surface area contributed by atoms with E-state index in [-0.39, 0.29) is 11.8 Å². The van der Waals surface area contributed by atoms with Crippen molar-refractivity contribution in [3.05, 3.63) is 77.4 Å². The third-order valence-corrected chi connectivity index (χ3v) is 7.57. The highest BCUT2D eigenvalue weighted by molar-refractivity contribution is 5.92. The molecule has 2 atom stereocenters. The lowest BCUT2D eigenvalue weighted by Gasteiger charge is -2.36. The van der Waals surface area contributed by atoms with Crippen LogP contribution in [0.25, 0.3) is 10.8 Å². The van der Waals surface area contributed by atoms with Gasteiger partial charge in [-0.25, -0.2) is 4.79 Å². The average molecular weight is 543 g/mol. The van der Waals surface area contributed by atoms with E-state index in [0.29, 0.717) is 38.2 Å². The largest absolute Gasteiger partial charge is 0.444 e. The number of ether oxygens (including phenoxy) is 1. The molecule has 2 aliphatic rings. The number of amides is 3. The van der Waals surface area contributed by atoms with E-state index >= 15 is 0 Å². The Balaban J connectivity index is 1.39. The van der Waals surface area contributed by atoms with Gasteiger partial charge in [0.2, 0.25) is 11.8 Å². The molecule has 8 heteroatoms. The molecule has 2 aliphatic heterocycles. The highest BCUT2D eigenvalue weighted by Crippen LogP contribution is 2.27. The predicted molar refractivity (Wildman–Crippen MR) is 155 cm³/mol. The molecule has 0 aliphatic carbocycles. The fourth-order valence-corrected chi connectivity index (χ4v) is 5.60. The lowest BCUT2D eigenvalue weighted by atomic mass is 9.98. The fraction of sp³-hybridized carbons (Fsp3) is 0.406. The van der Waals surface area contributed by atoms with Gasteiger partial charge in [-0.3, -0.25) is 14.5 Å². The van der Waals surface area contributed by atoms with Crippen LogP contribution in [0.1, 0.15) is 56.7 Å². The monoisotopic (exact) mass is 542 g/mol. The van der Waals surface area contributed by atoms with Crippen LogP contribution in [-0.4, -0.2) is 51.9 Å². The van der Waals surface area contributed by atoms with Crippen LogP contribution in [0.3, 0.4) is 0 Å². The van der Waals surface area contributed by atoms with Crippen LogP contribution in [0.2, 0.25) is 0 Å². The SMILES string of the molecule is CC(C)(C)OC(=O)N1CCCCC1C(=O)NC(Cc1ccc2ccccc2c1)C(=O)N1Cc2ccc(N)cc2C1. The number of nitrogens with two attached hydrogens (primary N) is 1. The van der Waals surface area contributed by atoms with Gasteiger partial charge in [0, 0.05) is 31.7 Å². The summed E-state index contributed by atoms with van der Waals surface area (Å²) in [6.45, 7) is 6.78. The summed E-state index contributed by atoms with van der Waals surface area (Å²) >= 11 is 0. The number of nitrogen functional groups attached to an aromatic ring is 1. The van der Waals surface area contributed by atoms with Crippen LogP contribution in [0.5, 0.6) is 0 Å². The van der Waals surface area contributed by atoms with E-state index in [9.17, 15) is 14.4 Å². The molecule has 0 bridgehead atoms. The number of carbonyl (C=O) groups is 3. The van der Waals surface area contributed by atoms with Gasteiger partial charge in [-0.15, -0.1) is 0 Å². The maximum Gasteiger partial charge on any atom is 0.410 e. The van der Waals surface area contributed by atoms with Crippen molar-refractivity contribution in [2.75, 3.05) is 12.3 Å². The van der Waals surface area contributed by atoms with E-state index in [0.717, 1.165) is 40.3 Å². The number of hydrogen-bond donors (Lipinski definition) is 2. The van der Waals surface area contributed by atoms with Gasteiger partial charge >= 0.3 is 6.09 Å². The minimum Gasteiger partial charge on any atom is -0.444 e. The van der Waals surface area contributed by atoms with E-state index in [2.05, 4.69) is 11.4 Å². The summed E-state index contributed by atoms with van der Waals surface area (Å²) < 4.78 is 5.59. The second-order valence-corrected chi connectivity index (χ2v) is 11.9. The second-order valence-electron chi connectivity index (χ2n) is 11.9. The summed E-state index contributed by atoms with van der Waals surface area (Å²) in [5.74, 6) is -0.485. The van der Waals surface area contributed by atoms with Crippen molar-refractivity contribution >= 4 is 34.4 Å². The molecule has 1 fully saturated rings. The van der Waals surface area contributed by atoms with Crippen molar-refractivity contribution in [3.63, 3.8) is 0 Å². The summed E-state index contributed by atoms with van der Waals surface area (Å²) in [7, 11) is 0. The van der Waals surface area contributed by atoms with Gasteiger partial charge in [-0.1, -0.05) is 48.5 Å². The van der Waals surface area contributed by atoms with E-state index < -0.39 is 23.8 Å². The Hall–Kier alpha value is -4.07. The number of nitrogens with one attached hydrogen (secondary N) is 1. The van der Waals surface area contributed by atoms with Gasteiger partial charge in [0.25, 0.3) is 0 Å². The van der Waals surface area contributed by atoms with E-state index in [1.165, 1.54) is 4.90 Å². The number of carbonyl (C=O) groups excluding carboxylic acids is 3. The minimum absolute atomic E-state index is 0.157. The minimum atomic E-state index is -0.789. The third-order valence-electron chi connectivity index (χ3n) is 7.57. The zero-order valence-electron chi connectivity index (χ0n) is 23.5. The Morgan fingerprint density at radius 3 is 2.50 bits per heavy atom. The summed E-state index contributed by atoms with van der Waals surface area (Å²) in [6.07, 6.45) is 1.98. The number of benzene rings is 3. The molecule has 1 saturated heterocycles. The first-order chi connectivity index (χ1) is 19.1. The first kappa shape index (κ1) is 27.5. The van der Waals surface area contributed by atoms with Crippen LogP contribution < -0.4 is 11.1 Å². The highest BCUT2D eigenvalue weighted by Gasteiger charge is 2.37. The quantitative estimate of drug-likeness (QED) is 0.452. The first-order valence-corrected chi connectivity index (χ1v) is 14.0. The van der Waals surface area contributed by atoms with E-state index in [1.807, 2.05) is 75.4 Å². The molecule has 2 unspecified atom stereocenters.